The Bertz CT molecular complexity index is 657. The third-order valence-electron chi connectivity index (χ3n) is 3.59. The van der Waals surface area contributed by atoms with Crippen LogP contribution in [0, 0.1) is 0 Å². The summed E-state index contributed by atoms with van der Waals surface area (Å²) < 4.78 is 4.59. The first-order chi connectivity index (χ1) is 10.2. The molecule has 0 aliphatic rings. The van der Waals surface area contributed by atoms with E-state index < -0.39 is 0 Å². The molecule has 0 fully saturated rings. The normalized spacial score (nSPS) is 11.0. The fraction of sp³-hybridized carbons (Fsp3) is 0.278. The van der Waals surface area contributed by atoms with Gasteiger partial charge < -0.3 is 9.64 Å². The van der Waals surface area contributed by atoms with Crippen LogP contribution in [0.3, 0.4) is 0 Å². The topological polar surface area (TPSA) is 29.5 Å². The van der Waals surface area contributed by atoms with Gasteiger partial charge in [-0.1, -0.05) is 18.2 Å². The van der Waals surface area contributed by atoms with Crippen molar-refractivity contribution in [3.05, 3.63) is 48.0 Å². The number of methoxy groups -OCH3 is 1. The van der Waals surface area contributed by atoms with E-state index in [1.165, 1.54) is 24.3 Å². The molecule has 0 aliphatic heterocycles. The van der Waals surface area contributed by atoms with Gasteiger partial charge in [0, 0.05) is 24.9 Å². The number of ether oxygens (including phenoxy) is 1. The van der Waals surface area contributed by atoms with Gasteiger partial charge in [-0.15, -0.1) is 0 Å². The highest BCUT2D eigenvalue weighted by atomic mass is 16.5. The Morgan fingerprint density at radius 2 is 1.76 bits per heavy atom. The lowest BCUT2D eigenvalue weighted by molar-refractivity contribution is -0.134. The maximum atomic E-state index is 11.1. The van der Waals surface area contributed by atoms with E-state index >= 15 is 0 Å². The third kappa shape index (κ3) is 3.63. The van der Waals surface area contributed by atoms with Crippen LogP contribution in [-0.2, 0) is 9.53 Å². The highest BCUT2D eigenvalue weighted by molar-refractivity contribution is 5.90. The van der Waals surface area contributed by atoms with Crippen molar-refractivity contribution >= 4 is 28.5 Å². The number of hydrogen-bond donors (Lipinski definition) is 0. The van der Waals surface area contributed by atoms with Gasteiger partial charge in [0.1, 0.15) is 0 Å². The molecule has 3 heteroatoms. The van der Waals surface area contributed by atoms with Gasteiger partial charge in [0.2, 0.25) is 0 Å². The van der Waals surface area contributed by atoms with Crippen LogP contribution in [0.25, 0.3) is 16.8 Å². The van der Waals surface area contributed by atoms with E-state index in [4.69, 9.17) is 0 Å². The average Bonchev–Trinajstić information content (AvgIpc) is 2.53. The zero-order valence-corrected chi connectivity index (χ0v) is 12.8. The second-order valence-corrected chi connectivity index (χ2v) is 4.82. The van der Waals surface area contributed by atoms with E-state index in [-0.39, 0.29) is 5.97 Å². The van der Waals surface area contributed by atoms with Crippen LogP contribution in [0.4, 0.5) is 5.69 Å². The Kier molecular flexibility index (Phi) is 4.99. The molecule has 2 rings (SSSR count). The van der Waals surface area contributed by atoms with Crippen molar-refractivity contribution in [3.63, 3.8) is 0 Å². The molecule has 2 aromatic rings. The fourth-order valence-corrected chi connectivity index (χ4v) is 2.37. The van der Waals surface area contributed by atoms with E-state index in [2.05, 4.69) is 53.8 Å². The molecule has 0 saturated carbocycles. The smallest absolute Gasteiger partial charge is 0.330 e. The molecule has 0 aliphatic carbocycles. The van der Waals surface area contributed by atoms with Gasteiger partial charge in [0.05, 0.1) is 7.11 Å². The maximum absolute atomic E-state index is 11.1. The molecular weight excluding hydrogens is 262 g/mol. The second-order valence-electron chi connectivity index (χ2n) is 4.82. The zero-order chi connectivity index (χ0) is 15.2. The van der Waals surface area contributed by atoms with Gasteiger partial charge >= 0.3 is 5.97 Å². The van der Waals surface area contributed by atoms with Crippen LogP contribution in [0.5, 0.6) is 0 Å². The van der Waals surface area contributed by atoms with Crippen LogP contribution in [0.2, 0.25) is 0 Å². The van der Waals surface area contributed by atoms with Gasteiger partial charge in [0.25, 0.3) is 0 Å². The number of hydrogen-bond acceptors (Lipinski definition) is 3. The molecule has 3 nitrogen and oxygen atoms in total. The Morgan fingerprint density at radius 3 is 2.43 bits per heavy atom. The van der Waals surface area contributed by atoms with Crippen LogP contribution >= 0.6 is 0 Å². The number of nitrogens with zero attached hydrogens (tertiary/aromatic N) is 1. The average molecular weight is 283 g/mol. The van der Waals surface area contributed by atoms with Crippen molar-refractivity contribution in [2.24, 2.45) is 0 Å². The number of carbonyl (C=O) groups is 1. The van der Waals surface area contributed by atoms with Gasteiger partial charge in [-0.3, -0.25) is 0 Å². The van der Waals surface area contributed by atoms with E-state index in [1.807, 2.05) is 6.07 Å². The number of carbonyl (C=O) groups excluding carboxylic acids is 1. The Labute approximate surface area is 125 Å². The van der Waals surface area contributed by atoms with E-state index in [1.54, 1.807) is 6.08 Å². The predicted molar refractivity (Wildman–Crippen MR) is 88.6 cm³/mol. The SMILES string of the molecule is CCN(CC)c1ccc2cc(C=CC(=O)OC)ccc2c1. The van der Waals surface area contributed by atoms with Crippen LogP contribution in [0.15, 0.2) is 42.5 Å². The van der Waals surface area contributed by atoms with Gasteiger partial charge in [-0.2, -0.15) is 0 Å². The zero-order valence-electron chi connectivity index (χ0n) is 12.8. The molecule has 2 aromatic carbocycles. The molecule has 0 atom stereocenters. The summed E-state index contributed by atoms with van der Waals surface area (Å²) in [6.45, 7) is 6.33. The van der Waals surface area contributed by atoms with Gasteiger partial charge in [-0.25, -0.2) is 4.79 Å². The van der Waals surface area contributed by atoms with Crippen LogP contribution in [0.1, 0.15) is 19.4 Å². The van der Waals surface area contributed by atoms with Gasteiger partial charge in [-0.05, 0) is 54.5 Å². The molecule has 0 unspecified atom stereocenters. The Hall–Kier alpha value is -2.29. The summed E-state index contributed by atoms with van der Waals surface area (Å²) in [7, 11) is 1.38. The first kappa shape index (κ1) is 15.1. The number of anilines is 1. The summed E-state index contributed by atoms with van der Waals surface area (Å²) in [4.78, 5) is 13.4. The molecule has 0 N–H and O–H groups in total. The Morgan fingerprint density at radius 1 is 1.10 bits per heavy atom. The highest BCUT2D eigenvalue weighted by Crippen LogP contribution is 2.23. The molecule has 0 bridgehead atoms. The molecule has 110 valence electrons. The molecule has 0 saturated heterocycles. The predicted octanol–water partition coefficient (Wildman–Crippen LogP) is 3.87. The second kappa shape index (κ2) is 6.93. The van der Waals surface area contributed by atoms with Crippen molar-refractivity contribution in [2.75, 3.05) is 25.1 Å². The monoisotopic (exact) mass is 283 g/mol. The fourth-order valence-electron chi connectivity index (χ4n) is 2.37. The van der Waals surface area contributed by atoms with E-state index in [0.29, 0.717) is 0 Å². The summed E-state index contributed by atoms with van der Waals surface area (Å²) >= 11 is 0. The standard InChI is InChI=1S/C18H21NO2/c1-4-19(5-2)17-10-9-15-12-14(6-8-16(15)13-17)7-11-18(20)21-3/h6-13H,4-5H2,1-3H3. The highest BCUT2D eigenvalue weighted by Gasteiger charge is 2.03. The van der Waals surface area contributed by atoms with E-state index in [9.17, 15) is 4.79 Å². The quantitative estimate of drug-likeness (QED) is 0.616. The number of benzene rings is 2. The van der Waals surface area contributed by atoms with Crippen molar-refractivity contribution < 1.29 is 9.53 Å². The molecule has 21 heavy (non-hydrogen) atoms. The minimum absolute atomic E-state index is 0.341. The van der Waals surface area contributed by atoms with Crippen molar-refractivity contribution in [2.45, 2.75) is 13.8 Å². The first-order valence-electron chi connectivity index (χ1n) is 7.22. The summed E-state index contributed by atoms with van der Waals surface area (Å²) in [6.07, 6.45) is 3.20. The number of fused-ring (bicyclic) bond motifs is 1. The molecule has 0 amide bonds. The lowest BCUT2D eigenvalue weighted by Gasteiger charge is -2.21. The van der Waals surface area contributed by atoms with Crippen molar-refractivity contribution in [1.29, 1.82) is 0 Å². The lowest BCUT2D eigenvalue weighted by atomic mass is 10.1. The maximum Gasteiger partial charge on any atom is 0.330 e. The van der Waals surface area contributed by atoms with E-state index in [0.717, 1.165) is 24.0 Å². The lowest BCUT2D eigenvalue weighted by Crippen LogP contribution is -2.21. The summed E-state index contributed by atoms with van der Waals surface area (Å²) in [5, 5.41) is 2.37. The van der Waals surface area contributed by atoms with Crippen molar-refractivity contribution in [1.82, 2.24) is 0 Å². The first-order valence-corrected chi connectivity index (χ1v) is 7.22. The van der Waals surface area contributed by atoms with Crippen LogP contribution in [-0.4, -0.2) is 26.2 Å². The summed E-state index contributed by atoms with van der Waals surface area (Å²) in [5.41, 5.74) is 2.23. The minimum Gasteiger partial charge on any atom is -0.466 e. The minimum atomic E-state index is -0.341. The molecule has 0 heterocycles. The molecule has 0 radical (unpaired) electrons. The Balaban J connectivity index is 2.31. The number of rotatable bonds is 5. The third-order valence-corrected chi connectivity index (χ3v) is 3.59. The summed E-state index contributed by atoms with van der Waals surface area (Å²) in [6, 6.07) is 12.6. The van der Waals surface area contributed by atoms with Crippen LogP contribution < -0.4 is 4.90 Å². The molecule has 0 aromatic heterocycles. The van der Waals surface area contributed by atoms with Crippen molar-refractivity contribution in [3.8, 4) is 0 Å². The number of esters is 1. The van der Waals surface area contributed by atoms with Gasteiger partial charge in [0.15, 0.2) is 0 Å². The molecule has 0 spiro atoms. The molecular formula is C18H21NO2. The summed E-state index contributed by atoms with van der Waals surface area (Å²) in [5.74, 6) is -0.341. The largest absolute Gasteiger partial charge is 0.466 e.